The van der Waals surface area contributed by atoms with Crippen LogP contribution in [-0.4, -0.2) is 15.6 Å². The molecule has 1 aromatic rings. The quantitative estimate of drug-likeness (QED) is 0.725. The Kier molecular flexibility index (Phi) is 2.06. The van der Waals surface area contributed by atoms with Gasteiger partial charge in [0.15, 0.2) is 0 Å². The Balaban J connectivity index is 2.01. The van der Waals surface area contributed by atoms with Gasteiger partial charge in [0.2, 0.25) is 0 Å². The summed E-state index contributed by atoms with van der Waals surface area (Å²) in [5.41, 5.74) is 6.50. The van der Waals surface area contributed by atoms with Gasteiger partial charge in [-0.2, -0.15) is 0 Å². The second-order valence-electron chi connectivity index (χ2n) is 3.84. The minimum absolute atomic E-state index is 0.114. The highest BCUT2D eigenvalue weighted by molar-refractivity contribution is 5.10. The zero-order valence-electron chi connectivity index (χ0n) is 7.48. The zero-order chi connectivity index (χ0) is 9.31. The van der Waals surface area contributed by atoms with Gasteiger partial charge in [0.1, 0.15) is 0 Å². The van der Waals surface area contributed by atoms with Crippen LogP contribution in [0.5, 0.6) is 0 Å². The Morgan fingerprint density at radius 3 is 2.85 bits per heavy atom. The molecule has 0 aliphatic heterocycles. The average Bonchev–Trinajstić information content (AvgIpc) is 2.85. The van der Waals surface area contributed by atoms with Gasteiger partial charge < -0.3 is 10.8 Å². The minimum atomic E-state index is -0.506. The largest absolute Gasteiger partial charge is 0.387 e. The van der Waals surface area contributed by atoms with Crippen molar-refractivity contribution in [3.8, 4) is 0 Å². The fourth-order valence-corrected chi connectivity index (χ4v) is 1.43. The smallest absolute Gasteiger partial charge is 0.0977 e. The molecule has 0 aromatic carbocycles. The van der Waals surface area contributed by atoms with Crippen molar-refractivity contribution in [3.05, 3.63) is 30.1 Å². The van der Waals surface area contributed by atoms with E-state index in [0.717, 1.165) is 18.5 Å². The van der Waals surface area contributed by atoms with Crippen molar-refractivity contribution in [2.45, 2.75) is 30.9 Å². The molecule has 3 heteroatoms. The predicted octanol–water partition coefficient (Wildman–Crippen LogP) is 0.996. The van der Waals surface area contributed by atoms with Crippen LogP contribution in [0.1, 0.15) is 31.1 Å². The first-order chi connectivity index (χ1) is 6.20. The average molecular weight is 178 g/mol. The van der Waals surface area contributed by atoms with E-state index < -0.39 is 6.10 Å². The Hall–Kier alpha value is -0.930. The van der Waals surface area contributed by atoms with E-state index in [9.17, 15) is 5.11 Å². The van der Waals surface area contributed by atoms with E-state index >= 15 is 0 Å². The second-order valence-corrected chi connectivity index (χ2v) is 3.84. The maximum atomic E-state index is 9.75. The molecule has 1 fully saturated rings. The van der Waals surface area contributed by atoms with Gasteiger partial charge in [-0.25, -0.2) is 0 Å². The van der Waals surface area contributed by atoms with E-state index in [1.807, 2.05) is 18.2 Å². The SMILES string of the molecule is NC1(CC(O)c2ccccn2)CC1. The standard InChI is InChI=1S/C10H14N2O/c11-10(4-5-10)7-9(13)8-3-1-2-6-12-8/h1-3,6,9,13H,4-5,7,11H2. The molecule has 13 heavy (non-hydrogen) atoms. The van der Waals surface area contributed by atoms with Crippen molar-refractivity contribution >= 4 is 0 Å². The fourth-order valence-electron chi connectivity index (χ4n) is 1.43. The Morgan fingerprint density at radius 1 is 1.54 bits per heavy atom. The summed E-state index contributed by atoms with van der Waals surface area (Å²) in [6.07, 6.45) is 3.86. The Labute approximate surface area is 77.6 Å². The minimum Gasteiger partial charge on any atom is -0.387 e. The van der Waals surface area contributed by atoms with Crippen LogP contribution in [0, 0.1) is 0 Å². The van der Waals surface area contributed by atoms with Gasteiger partial charge in [-0.15, -0.1) is 0 Å². The second kappa shape index (κ2) is 3.09. The Morgan fingerprint density at radius 2 is 2.31 bits per heavy atom. The lowest BCUT2D eigenvalue weighted by Gasteiger charge is -2.14. The van der Waals surface area contributed by atoms with E-state index in [2.05, 4.69) is 4.98 Å². The van der Waals surface area contributed by atoms with Crippen LogP contribution in [0.4, 0.5) is 0 Å². The molecule has 1 aliphatic carbocycles. The van der Waals surface area contributed by atoms with Gasteiger partial charge in [0.05, 0.1) is 11.8 Å². The van der Waals surface area contributed by atoms with E-state index in [1.54, 1.807) is 6.20 Å². The lowest BCUT2D eigenvalue weighted by Crippen LogP contribution is -2.24. The zero-order valence-corrected chi connectivity index (χ0v) is 7.48. The van der Waals surface area contributed by atoms with Crippen molar-refractivity contribution < 1.29 is 5.11 Å². The number of hydrogen-bond donors (Lipinski definition) is 2. The van der Waals surface area contributed by atoms with Crippen LogP contribution >= 0.6 is 0 Å². The highest BCUT2D eigenvalue weighted by Gasteiger charge is 2.40. The molecule has 2 rings (SSSR count). The summed E-state index contributed by atoms with van der Waals surface area (Å²) in [5, 5.41) is 9.75. The van der Waals surface area contributed by atoms with Crippen LogP contribution in [0.15, 0.2) is 24.4 Å². The summed E-state index contributed by atoms with van der Waals surface area (Å²) in [5.74, 6) is 0. The number of aromatic nitrogens is 1. The Bertz CT molecular complexity index is 282. The molecule has 0 radical (unpaired) electrons. The normalized spacial score (nSPS) is 21.1. The monoisotopic (exact) mass is 178 g/mol. The highest BCUT2D eigenvalue weighted by Crippen LogP contribution is 2.39. The van der Waals surface area contributed by atoms with Crippen molar-refractivity contribution in [1.82, 2.24) is 4.98 Å². The van der Waals surface area contributed by atoms with Crippen LogP contribution in [-0.2, 0) is 0 Å². The van der Waals surface area contributed by atoms with Gasteiger partial charge >= 0.3 is 0 Å². The lowest BCUT2D eigenvalue weighted by atomic mass is 10.1. The van der Waals surface area contributed by atoms with Gasteiger partial charge in [0, 0.05) is 11.7 Å². The molecule has 3 nitrogen and oxygen atoms in total. The van der Waals surface area contributed by atoms with Crippen molar-refractivity contribution in [2.24, 2.45) is 5.73 Å². The van der Waals surface area contributed by atoms with Crippen LogP contribution in [0.2, 0.25) is 0 Å². The molecule has 1 saturated carbocycles. The molecule has 1 atom stereocenters. The molecular weight excluding hydrogens is 164 g/mol. The predicted molar refractivity (Wildman–Crippen MR) is 50.0 cm³/mol. The molecule has 0 amide bonds. The molecule has 1 unspecified atom stereocenters. The number of rotatable bonds is 3. The molecule has 1 heterocycles. The summed E-state index contributed by atoms with van der Waals surface area (Å²) in [7, 11) is 0. The molecule has 70 valence electrons. The number of aliphatic hydroxyl groups is 1. The topological polar surface area (TPSA) is 59.1 Å². The third-order valence-corrected chi connectivity index (χ3v) is 2.52. The van der Waals surface area contributed by atoms with Crippen molar-refractivity contribution in [3.63, 3.8) is 0 Å². The highest BCUT2D eigenvalue weighted by atomic mass is 16.3. The van der Waals surface area contributed by atoms with E-state index in [-0.39, 0.29) is 5.54 Å². The first kappa shape index (κ1) is 8.66. The van der Waals surface area contributed by atoms with Crippen LogP contribution < -0.4 is 5.73 Å². The van der Waals surface area contributed by atoms with E-state index in [4.69, 9.17) is 5.73 Å². The summed E-state index contributed by atoms with van der Waals surface area (Å²) >= 11 is 0. The number of hydrogen-bond acceptors (Lipinski definition) is 3. The molecule has 0 saturated heterocycles. The molecular formula is C10H14N2O. The summed E-state index contributed by atoms with van der Waals surface area (Å²) in [6, 6.07) is 5.55. The summed E-state index contributed by atoms with van der Waals surface area (Å²) < 4.78 is 0. The number of nitrogens with two attached hydrogens (primary N) is 1. The fraction of sp³-hybridized carbons (Fsp3) is 0.500. The number of aliphatic hydroxyl groups excluding tert-OH is 1. The summed E-state index contributed by atoms with van der Waals surface area (Å²) in [4.78, 5) is 4.09. The molecule has 0 bridgehead atoms. The van der Waals surface area contributed by atoms with Gasteiger partial charge in [0.25, 0.3) is 0 Å². The van der Waals surface area contributed by atoms with Gasteiger partial charge in [-0.3, -0.25) is 4.98 Å². The van der Waals surface area contributed by atoms with Crippen LogP contribution in [0.3, 0.4) is 0 Å². The molecule has 1 aromatic heterocycles. The molecule has 3 N–H and O–H groups in total. The van der Waals surface area contributed by atoms with Crippen molar-refractivity contribution in [1.29, 1.82) is 0 Å². The van der Waals surface area contributed by atoms with Crippen molar-refractivity contribution in [2.75, 3.05) is 0 Å². The van der Waals surface area contributed by atoms with E-state index in [1.165, 1.54) is 0 Å². The van der Waals surface area contributed by atoms with Gasteiger partial charge in [-0.05, 0) is 31.4 Å². The first-order valence-electron chi connectivity index (χ1n) is 4.57. The molecule has 0 spiro atoms. The number of pyridine rings is 1. The third-order valence-electron chi connectivity index (χ3n) is 2.52. The maximum absolute atomic E-state index is 9.75. The van der Waals surface area contributed by atoms with E-state index in [0.29, 0.717) is 6.42 Å². The number of nitrogens with zero attached hydrogens (tertiary/aromatic N) is 1. The molecule has 1 aliphatic rings. The first-order valence-corrected chi connectivity index (χ1v) is 4.57. The maximum Gasteiger partial charge on any atom is 0.0977 e. The van der Waals surface area contributed by atoms with Crippen LogP contribution in [0.25, 0.3) is 0 Å². The van der Waals surface area contributed by atoms with Gasteiger partial charge in [-0.1, -0.05) is 6.07 Å². The summed E-state index contributed by atoms with van der Waals surface area (Å²) in [6.45, 7) is 0. The lowest BCUT2D eigenvalue weighted by molar-refractivity contribution is 0.150. The third kappa shape index (κ3) is 2.05.